The summed E-state index contributed by atoms with van der Waals surface area (Å²) in [5, 5.41) is 0. The summed E-state index contributed by atoms with van der Waals surface area (Å²) in [7, 11) is 0. The average Bonchev–Trinajstić information content (AvgIpc) is 2.49. The third kappa shape index (κ3) is 4.22. The summed E-state index contributed by atoms with van der Waals surface area (Å²) in [6.45, 7) is 5.60. The molecule has 0 saturated carbocycles. The maximum absolute atomic E-state index is 10.6. The van der Waals surface area contributed by atoms with E-state index in [9.17, 15) is 4.79 Å². The van der Waals surface area contributed by atoms with Crippen LogP contribution in [0.1, 0.15) is 5.56 Å². The second-order valence-corrected chi connectivity index (χ2v) is 4.68. The maximum atomic E-state index is 10.6. The number of carbonyl (C=O) groups excluding carboxylic acids is 1. The number of carbonyl (C=O) groups is 1. The van der Waals surface area contributed by atoms with Gasteiger partial charge in [-0.05, 0) is 17.7 Å². The minimum atomic E-state index is 0.557. The van der Waals surface area contributed by atoms with Gasteiger partial charge in [0.1, 0.15) is 12.4 Å². The van der Waals surface area contributed by atoms with Crippen LogP contribution in [0.5, 0.6) is 5.75 Å². The van der Waals surface area contributed by atoms with Gasteiger partial charge in [-0.25, -0.2) is 0 Å². The minimum absolute atomic E-state index is 0.557. The number of piperazine rings is 1. The molecule has 1 amide bonds. The highest BCUT2D eigenvalue weighted by atomic mass is 16.5. The van der Waals surface area contributed by atoms with Crippen molar-refractivity contribution in [2.24, 2.45) is 5.73 Å². The lowest BCUT2D eigenvalue weighted by Gasteiger charge is -2.32. The second-order valence-electron chi connectivity index (χ2n) is 4.68. The first-order chi connectivity index (χ1) is 9.31. The zero-order chi connectivity index (χ0) is 13.5. The Labute approximate surface area is 113 Å². The molecule has 0 aliphatic carbocycles. The Morgan fingerprint density at radius 2 is 1.84 bits per heavy atom. The monoisotopic (exact) mass is 263 g/mol. The summed E-state index contributed by atoms with van der Waals surface area (Å²) in [6.07, 6.45) is 0.923. The Hall–Kier alpha value is -1.59. The van der Waals surface area contributed by atoms with Gasteiger partial charge in [0.15, 0.2) is 0 Å². The van der Waals surface area contributed by atoms with Gasteiger partial charge in [-0.3, -0.25) is 9.69 Å². The molecule has 1 aromatic carbocycles. The molecule has 104 valence electrons. The highest BCUT2D eigenvalue weighted by Gasteiger charge is 2.14. The molecule has 1 heterocycles. The van der Waals surface area contributed by atoms with Crippen LogP contribution < -0.4 is 10.5 Å². The molecule has 0 atom stereocenters. The van der Waals surface area contributed by atoms with Crippen LogP contribution in [0, 0.1) is 0 Å². The molecule has 0 radical (unpaired) electrons. The van der Waals surface area contributed by atoms with Gasteiger partial charge < -0.3 is 15.4 Å². The first kappa shape index (κ1) is 13.8. The summed E-state index contributed by atoms with van der Waals surface area (Å²) in [5.41, 5.74) is 6.65. The quantitative estimate of drug-likeness (QED) is 0.750. The van der Waals surface area contributed by atoms with E-state index in [1.807, 2.05) is 29.2 Å². The molecule has 1 aliphatic rings. The molecule has 5 nitrogen and oxygen atoms in total. The number of ether oxygens (including phenoxy) is 1. The highest BCUT2D eigenvalue weighted by Crippen LogP contribution is 2.11. The third-order valence-corrected chi connectivity index (χ3v) is 3.39. The van der Waals surface area contributed by atoms with Gasteiger partial charge in [-0.2, -0.15) is 0 Å². The van der Waals surface area contributed by atoms with E-state index in [1.54, 1.807) is 0 Å². The van der Waals surface area contributed by atoms with Gasteiger partial charge in [-0.1, -0.05) is 12.1 Å². The first-order valence-electron chi connectivity index (χ1n) is 6.65. The molecule has 1 aliphatic heterocycles. The molecule has 2 rings (SSSR count). The maximum Gasteiger partial charge on any atom is 0.209 e. The Balaban J connectivity index is 1.67. The Morgan fingerprint density at radius 3 is 2.42 bits per heavy atom. The summed E-state index contributed by atoms with van der Waals surface area (Å²) >= 11 is 0. The van der Waals surface area contributed by atoms with Crippen molar-refractivity contribution in [1.29, 1.82) is 0 Å². The summed E-state index contributed by atoms with van der Waals surface area (Å²) in [4.78, 5) is 14.7. The molecule has 19 heavy (non-hydrogen) atoms. The molecule has 2 N–H and O–H groups in total. The fraction of sp³-hybridized carbons (Fsp3) is 0.500. The van der Waals surface area contributed by atoms with E-state index in [2.05, 4.69) is 4.90 Å². The van der Waals surface area contributed by atoms with Crippen molar-refractivity contribution in [1.82, 2.24) is 9.80 Å². The molecule has 1 saturated heterocycles. The van der Waals surface area contributed by atoms with Crippen LogP contribution in [-0.2, 0) is 11.3 Å². The normalized spacial score (nSPS) is 16.4. The lowest BCUT2D eigenvalue weighted by molar-refractivity contribution is -0.119. The Morgan fingerprint density at radius 1 is 1.16 bits per heavy atom. The largest absolute Gasteiger partial charge is 0.492 e. The van der Waals surface area contributed by atoms with E-state index in [0.717, 1.165) is 50.4 Å². The lowest BCUT2D eigenvalue weighted by Crippen LogP contribution is -2.46. The van der Waals surface area contributed by atoms with Crippen LogP contribution in [0.15, 0.2) is 24.3 Å². The average molecular weight is 263 g/mol. The molecule has 1 aromatic rings. The SMILES string of the molecule is NCc1ccc(OCCN2CCN(C=O)CC2)cc1. The molecule has 0 aromatic heterocycles. The van der Waals surface area contributed by atoms with E-state index in [0.29, 0.717) is 13.2 Å². The van der Waals surface area contributed by atoms with E-state index >= 15 is 0 Å². The van der Waals surface area contributed by atoms with E-state index in [1.165, 1.54) is 0 Å². The molecule has 0 bridgehead atoms. The van der Waals surface area contributed by atoms with Crippen LogP contribution in [0.4, 0.5) is 0 Å². The van der Waals surface area contributed by atoms with E-state index < -0.39 is 0 Å². The fourth-order valence-corrected chi connectivity index (χ4v) is 2.11. The number of rotatable bonds is 6. The Bertz CT molecular complexity index is 386. The molecule has 0 unspecified atom stereocenters. The van der Waals surface area contributed by atoms with E-state index in [4.69, 9.17) is 10.5 Å². The first-order valence-corrected chi connectivity index (χ1v) is 6.65. The second kappa shape index (κ2) is 7.11. The zero-order valence-electron chi connectivity index (χ0n) is 11.1. The van der Waals surface area contributed by atoms with Gasteiger partial charge in [-0.15, -0.1) is 0 Å². The van der Waals surface area contributed by atoms with Crippen LogP contribution in [0.25, 0.3) is 0 Å². The topological polar surface area (TPSA) is 58.8 Å². The smallest absolute Gasteiger partial charge is 0.209 e. The number of hydrogen-bond donors (Lipinski definition) is 1. The standard InChI is InChI=1S/C14H21N3O2/c15-11-13-1-3-14(4-2-13)19-10-9-16-5-7-17(12-18)8-6-16/h1-4,12H,5-11,15H2. The molecular weight excluding hydrogens is 242 g/mol. The molecular formula is C14H21N3O2. The number of amides is 1. The molecule has 0 spiro atoms. The Kier molecular flexibility index (Phi) is 5.18. The van der Waals surface area contributed by atoms with Gasteiger partial charge >= 0.3 is 0 Å². The number of hydrogen-bond acceptors (Lipinski definition) is 4. The predicted molar refractivity (Wildman–Crippen MR) is 73.9 cm³/mol. The third-order valence-electron chi connectivity index (χ3n) is 3.39. The summed E-state index contributed by atoms with van der Waals surface area (Å²) in [5.74, 6) is 0.878. The van der Waals surface area contributed by atoms with Gasteiger partial charge in [0.05, 0.1) is 0 Å². The van der Waals surface area contributed by atoms with Crippen molar-refractivity contribution in [2.75, 3.05) is 39.3 Å². The van der Waals surface area contributed by atoms with Crippen molar-refractivity contribution in [3.05, 3.63) is 29.8 Å². The van der Waals surface area contributed by atoms with Crippen molar-refractivity contribution < 1.29 is 9.53 Å². The summed E-state index contributed by atoms with van der Waals surface area (Å²) < 4.78 is 5.70. The van der Waals surface area contributed by atoms with Crippen molar-refractivity contribution >= 4 is 6.41 Å². The summed E-state index contributed by atoms with van der Waals surface area (Å²) in [6, 6.07) is 7.87. The van der Waals surface area contributed by atoms with Gasteiger partial charge in [0, 0.05) is 39.3 Å². The van der Waals surface area contributed by atoms with Crippen LogP contribution in [0.3, 0.4) is 0 Å². The van der Waals surface area contributed by atoms with Gasteiger partial charge in [0.25, 0.3) is 0 Å². The van der Waals surface area contributed by atoms with Crippen molar-refractivity contribution in [2.45, 2.75) is 6.54 Å². The molecule has 1 fully saturated rings. The van der Waals surface area contributed by atoms with E-state index in [-0.39, 0.29) is 0 Å². The molecule has 5 heteroatoms. The van der Waals surface area contributed by atoms with Crippen LogP contribution in [-0.4, -0.2) is 55.5 Å². The van der Waals surface area contributed by atoms with Crippen LogP contribution in [0.2, 0.25) is 0 Å². The van der Waals surface area contributed by atoms with Crippen molar-refractivity contribution in [3.8, 4) is 5.75 Å². The number of benzene rings is 1. The predicted octanol–water partition coefficient (Wildman–Crippen LogP) is 0.298. The zero-order valence-corrected chi connectivity index (χ0v) is 11.1. The van der Waals surface area contributed by atoms with Crippen LogP contribution >= 0.6 is 0 Å². The highest BCUT2D eigenvalue weighted by molar-refractivity contribution is 5.47. The lowest BCUT2D eigenvalue weighted by atomic mass is 10.2. The number of nitrogens with zero attached hydrogens (tertiary/aromatic N) is 2. The minimum Gasteiger partial charge on any atom is -0.492 e. The fourth-order valence-electron chi connectivity index (χ4n) is 2.11. The van der Waals surface area contributed by atoms with Gasteiger partial charge in [0.2, 0.25) is 6.41 Å². The number of nitrogens with two attached hydrogens (primary N) is 1. The van der Waals surface area contributed by atoms with Crippen molar-refractivity contribution in [3.63, 3.8) is 0 Å².